The quantitative estimate of drug-likeness (QED) is 0.729. The molecule has 1 amide bonds. The Hall–Kier alpha value is -3.28. The number of aromatic nitrogens is 1. The number of pyridine rings is 1. The molecule has 6 heteroatoms. The number of nitrogens with one attached hydrogen (secondary N) is 1. The molecule has 1 aromatic heterocycles. The third-order valence-electron chi connectivity index (χ3n) is 4.18. The van der Waals surface area contributed by atoms with Gasteiger partial charge in [0, 0.05) is 29.4 Å². The summed E-state index contributed by atoms with van der Waals surface area (Å²) in [5.74, 6) is -1.20. The maximum Gasteiger partial charge on any atom is 0.261 e. The van der Waals surface area contributed by atoms with Gasteiger partial charge >= 0.3 is 0 Å². The van der Waals surface area contributed by atoms with Gasteiger partial charge in [-0.1, -0.05) is 0 Å². The van der Waals surface area contributed by atoms with Crippen LogP contribution in [0.25, 0.3) is 10.9 Å². The molecule has 1 N–H and O–H groups in total. The number of anilines is 1. The summed E-state index contributed by atoms with van der Waals surface area (Å²) < 4.78 is 15.3. The first-order valence-electron chi connectivity index (χ1n) is 8.15. The smallest absolute Gasteiger partial charge is 0.261 e. The third kappa shape index (κ3) is 3.26. The van der Waals surface area contributed by atoms with Crippen LogP contribution in [0.5, 0.6) is 0 Å². The lowest BCUT2D eigenvalue weighted by molar-refractivity contribution is 0.101. The minimum atomic E-state index is -0.584. The number of benzene rings is 2. The Morgan fingerprint density at radius 3 is 2.42 bits per heavy atom. The van der Waals surface area contributed by atoms with Gasteiger partial charge in [0.15, 0.2) is 5.78 Å². The average molecular weight is 352 g/mol. The Balaban J connectivity index is 2.01. The van der Waals surface area contributed by atoms with Crippen molar-refractivity contribution in [3.8, 4) is 0 Å². The molecule has 26 heavy (non-hydrogen) atoms. The van der Waals surface area contributed by atoms with Crippen LogP contribution < -0.4 is 10.7 Å². The van der Waals surface area contributed by atoms with Crippen molar-refractivity contribution in [2.24, 2.45) is 0 Å². The molecule has 0 aliphatic rings. The fourth-order valence-electron chi connectivity index (χ4n) is 2.78. The number of hydrogen-bond acceptors (Lipinski definition) is 3. The van der Waals surface area contributed by atoms with Crippen molar-refractivity contribution in [2.45, 2.75) is 20.4 Å². The van der Waals surface area contributed by atoms with Crippen LogP contribution in [0.15, 0.2) is 53.5 Å². The summed E-state index contributed by atoms with van der Waals surface area (Å²) in [6.45, 7) is 3.85. The molecule has 0 fully saturated rings. The number of nitrogens with zero attached hydrogens (tertiary/aromatic N) is 1. The molecular weight excluding hydrogens is 335 g/mol. The Morgan fingerprint density at radius 1 is 1.12 bits per heavy atom. The molecule has 0 bridgehead atoms. The van der Waals surface area contributed by atoms with E-state index in [-0.39, 0.29) is 16.7 Å². The van der Waals surface area contributed by atoms with E-state index in [4.69, 9.17) is 0 Å². The van der Waals surface area contributed by atoms with E-state index in [0.717, 1.165) is 6.07 Å². The Kier molecular flexibility index (Phi) is 4.67. The van der Waals surface area contributed by atoms with Crippen molar-refractivity contribution in [3.05, 3.63) is 75.8 Å². The van der Waals surface area contributed by atoms with E-state index in [1.807, 2.05) is 6.92 Å². The first kappa shape index (κ1) is 17.5. The summed E-state index contributed by atoms with van der Waals surface area (Å²) in [7, 11) is 0. The van der Waals surface area contributed by atoms with Crippen LogP contribution in [0.3, 0.4) is 0 Å². The summed E-state index contributed by atoms with van der Waals surface area (Å²) in [6.07, 6.45) is 1.47. The van der Waals surface area contributed by atoms with Gasteiger partial charge in [-0.05, 0) is 56.3 Å². The highest BCUT2D eigenvalue weighted by atomic mass is 19.1. The van der Waals surface area contributed by atoms with Crippen molar-refractivity contribution in [1.29, 1.82) is 0 Å². The fraction of sp³-hybridized carbons (Fsp3) is 0.150. The number of rotatable bonds is 4. The highest BCUT2D eigenvalue weighted by molar-refractivity contribution is 6.06. The van der Waals surface area contributed by atoms with Gasteiger partial charge in [-0.25, -0.2) is 4.39 Å². The molecule has 0 radical (unpaired) electrons. The molecule has 132 valence electrons. The Bertz CT molecular complexity index is 1070. The van der Waals surface area contributed by atoms with E-state index >= 15 is 0 Å². The van der Waals surface area contributed by atoms with Gasteiger partial charge in [0.1, 0.15) is 11.4 Å². The summed E-state index contributed by atoms with van der Waals surface area (Å²) in [5.41, 5.74) is 0.961. The fourth-order valence-corrected chi connectivity index (χ4v) is 2.78. The number of ketones is 1. The molecule has 5 nitrogen and oxygen atoms in total. The lowest BCUT2D eigenvalue weighted by Gasteiger charge is -2.12. The largest absolute Gasteiger partial charge is 0.347 e. The second-order valence-electron chi connectivity index (χ2n) is 5.91. The summed E-state index contributed by atoms with van der Waals surface area (Å²) in [6, 6.07) is 10.3. The SMILES string of the molecule is CCn1cc(C(=O)Nc2ccc(C(C)=O)cc2)c(=O)c2cc(F)ccc21. The van der Waals surface area contributed by atoms with Crippen LogP contribution >= 0.6 is 0 Å². The maximum absolute atomic E-state index is 13.6. The van der Waals surface area contributed by atoms with Gasteiger partial charge in [0.25, 0.3) is 5.91 Å². The zero-order valence-corrected chi connectivity index (χ0v) is 14.4. The molecular formula is C20H17FN2O3. The predicted molar refractivity (Wildman–Crippen MR) is 98.2 cm³/mol. The van der Waals surface area contributed by atoms with Crippen LogP contribution in [0.1, 0.15) is 34.6 Å². The first-order valence-corrected chi connectivity index (χ1v) is 8.15. The first-order chi connectivity index (χ1) is 12.4. The van der Waals surface area contributed by atoms with Crippen molar-refractivity contribution in [1.82, 2.24) is 4.57 Å². The van der Waals surface area contributed by atoms with Gasteiger partial charge in [0.05, 0.1) is 5.52 Å². The summed E-state index contributed by atoms with van der Waals surface area (Å²) >= 11 is 0. The van der Waals surface area contributed by atoms with Gasteiger partial charge in [-0.15, -0.1) is 0 Å². The zero-order valence-electron chi connectivity index (χ0n) is 14.4. The number of hydrogen-bond donors (Lipinski definition) is 1. The molecule has 0 unspecified atom stereocenters. The predicted octanol–water partition coefficient (Wildman–Crippen LogP) is 3.62. The summed E-state index contributed by atoms with van der Waals surface area (Å²) in [5, 5.41) is 2.80. The molecule has 1 heterocycles. The van der Waals surface area contributed by atoms with Crippen LogP contribution in [0.4, 0.5) is 10.1 Å². The molecule has 3 rings (SSSR count). The highest BCUT2D eigenvalue weighted by Gasteiger charge is 2.16. The third-order valence-corrected chi connectivity index (χ3v) is 4.18. The van der Waals surface area contributed by atoms with Crippen molar-refractivity contribution < 1.29 is 14.0 Å². The highest BCUT2D eigenvalue weighted by Crippen LogP contribution is 2.16. The van der Waals surface area contributed by atoms with Crippen LogP contribution in [0.2, 0.25) is 0 Å². The van der Waals surface area contributed by atoms with E-state index in [0.29, 0.717) is 23.3 Å². The van der Waals surface area contributed by atoms with E-state index in [1.165, 1.54) is 25.3 Å². The number of aryl methyl sites for hydroxylation is 1. The molecule has 0 spiro atoms. The van der Waals surface area contributed by atoms with E-state index in [1.54, 1.807) is 28.8 Å². The minimum Gasteiger partial charge on any atom is -0.347 e. The van der Waals surface area contributed by atoms with Crippen LogP contribution in [0, 0.1) is 5.82 Å². The topological polar surface area (TPSA) is 68.2 Å². The number of amides is 1. The monoisotopic (exact) mass is 352 g/mol. The Morgan fingerprint density at radius 2 is 1.81 bits per heavy atom. The lowest BCUT2D eigenvalue weighted by Crippen LogP contribution is -2.24. The summed E-state index contributed by atoms with van der Waals surface area (Å²) in [4.78, 5) is 36.5. The maximum atomic E-state index is 13.6. The van der Waals surface area contributed by atoms with E-state index in [2.05, 4.69) is 5.32 Å². The molecule has 0 aliphatic heterocycles. The second kappa shape index (κ2) is 6.92. The number of Topliss-reactive ketones (excluding diaryl/α,β-unsaturated/α-hetero) is 1. The zero-order chi connectivity index (χ0) is 18.8. The van der Waals surface area contributed by atoms with Gasteiger partial charge < -0.3 is 9.88 Å². The Labute approximate surface area is 149 Å². The number of carbonyl (C=O) groups is 2. The van der Waals surface area contributed by atoms with Gasteiger partial charge in [0.2, 0.25) is 5.43 Å². The second-order valence-corrected chi connectivity index (χ2v) is 5.91. The average Bonchev–Trinajstić information content (AvgIpc) is 2.62. The van der Waals surface area contributed by atoms with Crippen molar-refractivity contribution in [3.63, 3.8) is 0 Å². The minimum absolute atomic E-state index is 0.0689. The standard InChI is InChI=1S/C20H17FN2O3/c1-3-23-11-17(19(25)16-10-14(21)6-9-18(16)23)20(26)22-15-7-4-13(5-8-15)12(2)24/h4-11H,3H2,1-2H3,(H,22,26). The molecule has 0 atom stereocenters. The van der Waals surface area contributed by atoms with E-state index in [9.17, 15) is 18.8 Å². The normalized spacial score (nSPS) is 10.7. The molecule has 0 saturated heterocycles. The van der Waals surface area contributed by atoms with Crippen LogP contribution in [-0.4, -0.2) is 16.3 Å². The van der Waals surface area contributed by atoms with Gasteiger partial charge in [-0.3, -0.25) is 14.4 Å². The molecule has 0 aliphatic carbocycles. The van der Waals surface area contributed by atoms with E-state index < -0.39 is 17.2 Å². The molecule has 2 aromatic carbocycles. The van der Waals surface area contributed by atoms with Crippen molar-refractivity contribution >= 4 is 28.3 Å². The van der Waals surface area contributed by atoms with Gasteiger partial charge in [-0.2, -0.15) is 0 Å². The number of carbonyl (C=O) groups excluding carboxylic acids is 2. The van der Waals surface area contributed by atoms with Crippen LogP contribution in [-0.2, 0) is 6.54 Å². The van der Waals surface area contributed by atoms with Crippen molar-refractivity contribution in [2.75, 3.05) is 5.32 Å². The number of fused-ring (bicyclic) bond motifs is 1. The molecule has 0 saturated carbocycles. The number of halogens is 1. The lowest BCUT2D eigenvalue weighted by atomic mass is 10.1. The molecule has 3 aromatic rings.